The minimum Gasteiger partial charge on any atom is -0.398 e. The highest BCUT2D eigenvalue weighted by Crippen LogP contribution is 2.56. The van der Waals surface area contributed by atoms with Crippen LogP contribution >= 0.6 is 7.82 Å². The second-order valence-corrected chi connectivity index (χ2v) is 7.58. The highest BCUT2D eigenvalue weighted by Gasteiger charge is 2.49. The van der Waals surface area contributed by atoms with E-state index in [9.17, 15) is 27.3 Å². The summed E-state index contributed by atoms with van der Waals surface area (Å²) >= 11 is 0. The van der Waals surface area contributed by atoms with E-state index in [2.05, 4.69) is 0 Å². The van der Waals surface area contributed by atoms with Crippen LogP contribution in [0.15, 0.2) is 34.0 Å². The first kappa shape index (κ1) is 18.9. The predicted octanol–water partition coefficient (Wildman–Crippen LogP) is 1.84. The summed E-state index contributed by atoms with van der Waals surface area (Å²) < 4.78 is 74.9. The molecule has 2 aliphatic heterocycles. The molecule has 3 heterocycles. The van der Waals surface area contributed by atoms with Crippen molar-refractivity contribution in [1.29, 1.82) is 0 Å². The molecule has 150 valence electrons. The maximum absolute atomic E-state index is 13.7. The van der Waals surface area contributed by atoms with E-state index in [1.54, 1.807) is 4.98 Å². The monoisotopic (exact) mass is 420 g/mol. The molecule has 2 aliphatic rings. The average Bonchev–Trinajstić information content (AvgIpc) is 3.04. The fraction of sp³-hybridized carbons (Fsp3) is 0.333. The van der Waals surface area contributed by atoms with Gasteiger partial charge >= 0.3 is 13.5 Å². The van der Waals surface area contributed by atoms with E-state index in [0.717, 1.165) is 22.8 Å². The molecule has 2 fully saturated rings. The lowest BCUT2D eigenvalue weighted by atomic mass is 10.2. The van der Waals surface area contributed by atoms with Gasteiger partial charge in [0.1, 0.15) is 18.4 Å². The van der Waals surface area contributed by atoms with Gasteiger partial charge in [-0.3, -0.25) is 23.4 Å². The molecule has 2 aromatic rings. The molecule has 0 amide bonds. The summed E-state index contributed by atoms with van der Waals surface area (Å²) in [6.07, 6.45) is -2.18. The standard InChI is InChI=1S/C15H12F3N2O7P/c16-7-2-1-3-8(17)13(7)27-28(23)24-6-11-10(26-28)4-12(25-11)20-5-9(18)14(21)19-15(20)22/h1-3,5,10-12H,4,6H2,(H,19,21,22)/t10-,11+,12+,28?/m0/s1. The second-order valence-electron chi connectivity index (χ2n) is 6.04. The zero-order chi connectivity index (χ0) is 20.1. The van der Waals surface area contributed by atoms with E-state index in [0.29, 0.717) is 6.20 Å². The first-order valence-electron chi connectivity index (χ1n) is 7.99. The van der Waals surface area contributed by atoms with Crippen LogP contribution in [0.4, 0.5) is 13.2 Å². The van der Waals surface area contributed by atoms with Gasteiger partial charge < -0.3 is 9.26 Å². The minimum atomic E-state index is -4.39. The number of nitrogens with one attached hydrogen (secondary N) is 1. The van der Waals surface area contributed by atoms with E-state index in [1.165, 1.54) is 0 Å². The summed E-state index contributed by atoms with van der Waals surface area (Å²) in [6, 6.07) is 2.91. The molecule has 28 heavy (non-hydrogen) atoms. The Kier molecular flexibility index (Phi) is 4.66. The molecule has 2 saturated heterocycles. The SMILES string of the molecule is O=c1[nH]c(=O)n([C@H]2C[C@@H]3OP(=O)(Oc4c(F)cccc4F)OC[C@H]3O2)cc1F. The average molecular weight is 420 g/mol. The second kappa shape index (κ2) is 6.89. The van der Waals surface area contributed by atoms with Crippen LogP contribution in [0.25, 0.3) is 0 Å². The number of hydrogen-bond donors (Lipinski definition) is 1. The Morgan fingerprint density at radius 1 is 1.14 bits per heavy atom. The van der Waals surface area contributed by atoms with Crippen LogP contribution in [0.1, 0.15) is 12.6 Å². The van der Waals surface area contributed by atoms with Gasteiger partial charge in [0.25, 0.3) is 5.56 Å². The van der Waals surface area contributed by atoms with E-state index < -0.39 is 60.7 Å². The van der Waals surface area contributed by atoms with Gasteiger partial charge in [0.05, 0.1) is 12.8 Å². The molecule has 0 spiro atoms. The van der Waals surface area contributed by atoms with E-state index in [1.807, 2.05) is 0 Å². The zero-order valence-corrected chi connectivity index (χ0v) is 14.7. The Labute approximate surface area is 154 Å². The van der Waals surface area contributed by atoms with E-state index >= 15 is 0 Å². The Bertz CT molecular complexity index is 1070. The number of benzene rings is 1. The van der Waals surface area contributed by atoms with Crippen molar-refractivity contribution in [1.82, 2.24) is 9.55 Å². The molecule has 9 nitrogen and oxygen atoms in total. The van der Waals surface area contributed by atoms with Crippen molar-refractivity contribution in [2.24, 2.45) is 0 Å². The van der Waals surface area contributed by atoms with Gasteiger partial charge in [0.2, 0.25) is 11.6 Å². The Hall–Kier alpha value is -2.40. The van der Waals surface area contributed by atoms with Gasteiger partial charge in [0.15, 0.2) is 11.6 Å². The molecule has 0 aliphatic carbocycles. The van der Waals surface area contributed by atoms with Crippen molar-refractivity contribution in [2.75, 3.05) is 6.61 Å². The number of fused-ring (bicyclic) bond motifs is 1. The number of phosphoric ester groups is 1. The number of hydrogen-bond acceptors (Lipinski definition) is 7. The van der Waals surface area contributed by atoms with E-state index in [4.69, 9.17) is 18.3 Å². The molecule has 0 saturated carbocycles. The van der Waals surface area contributed by atoms with Gasteiger partial charge in [0, 0.05) is 6.42 Å². The molecule has 1 aromatic carbocycles. The molecule has 1 unspecified atom stereocenters. The van der Waals surface area contributed by atoms with Crippen LogP contribution in [-0.4, -0.2) is 28.4 Å². The van der Waals surface area contributed by atoms with Gasteiger partial charge in [-0.1, -0.05) is 6.07 Å². The lowest BCUT2D eigenvalue weighted by Gasteiger charge is -2.29. The topological polar surface area (TPSA) is 109 Å². The van der Waals surface area contributed by atoms with Crippen LogP contribution in [-0.2, 0) is 18.3 Å². The summed E-state index contributed by atoms with van der Waals surface area (Å²) in [5.74, 6) is -4.31. The summed E-state index contributed by atoms with van der Waals surface area (Å²) in [6.45, 7) is -0.324. The van der Waals surface area contributed by atoms with Crippen molar-refractivity contribution < 1.29 is 36.0 Å². The van der Waals surface area contributed by atoms with Gasteiger partial charge in [-0.05, 0) is 12.1 Å². The summed E-state index contributed by atoms with van der Waals surface area (Å²) in [5, 5.41) is 0. The Morgan fingerprint density at radius 3 is 2.57 bits per heavy atom. The van der Waals surface area contributed by atoms with Crippen LogP contribution in [0.5, 0.6) is 5.75 Å². The lowest BCUT2D eigenvalue weighted by molar-refractivity contribution is -0.0671. The molecular weight excluding hydrogens is 408 g/mol. The highest BCUT2D eigenvalue weighted by molar-refractivity contribution is 7.49. The Balaban J connectivity index is 1.54. The molecular formula is C15H12F3N2O7P. The molecule has 4 rings (SSSR count). The van der Waals surface area contributed by atoms with Crippen molar-refractivity contribution in [2.45, 2.75) is 24.9 Å². The lowest BCUT2D eigenvalue weighted by Crippen LogP contribution is -2.34. The third-order valence-corrected chi connectivity index (χ3v) is 5.60. The number of halogens is 3. The molecule has 1 N–H and O–H groups in total. The number of H-pyrrole nitrogens is 1. The third-order valence-electron chi connectivity index (χ3n) is 4.20. The normalized spacial score (nSPS) is 29.5. The molecule has 13 heteroatoms. The summed E-state index contributed by atoms with van der Waals surface area (Å²) in [7, 11) is -4.39. The maximum atomic E-state index is 13.7. The predicted molar refractivity (Wildman–Crippen MR) is 85.2 cm³/mol. The van der Waals surface area contributed by atoms with Gasteiger partial charge in [-0.15, -0.1) is 0 Å². The number of para-hydroxylation sites is 1. The van der Waals surface area contributed by atoms with Crippen molar-refractivity contribution in [3.05, 3.63) is 62.7 Å². The molecule has 4 atom stereocenters. The molecule has 1 aromatic heterocycles. The number of aromatic amines is 1. The van der Waals surface area contributed by atoms with Gasteiger partial charge in [-0.2, -0.15) is 4.39 Å². The number of phosphoric acid groups is 1. The number of ether oxygens (including phenoxy) is 1. The first-order chi connectivity index (χ1) is 13.3. The van der Waals surface area contributed by atoms with Crippen LogP contribution in [0, 0.1) is 17.5 Å². The number of rotatable bonds is 3. The van der Waals surface area contributed by atoms with Crippen LogP contribution < -0.4 is 15.8 Å². The van der Waals surface area contributed by atoms with Crippen LogP contribution in [0.2, 0.25) is 0 Å². The quantitative estimate of drug-likeness (QED) is 0.755. The summed E-state index contributed by atoms with van der Waals surface area (Å²) in [4.78, 5) is 24.8. The largest absolute Gasteiger partial charge is 0.530 e. The molecule has 0 radical (unpaired) electrons. The fourth-order valence-electron chi connectivity index (χ4n) is 2.90. The fourth-order valence-corrected chi connectivity index (χ4v) is 4.33. The van der Waals surface area contributed by atoms with Crippen molar-refractivity contribution in [3.8, 4) is 5.75 Å². The van der Waals surface area contributed by atoms with Gasteiger partial charge in [-0.25, -0.2) is 18.1 Å². The smallest absolute Gasteiger partial charge is 0.398 e. The number of nitrogens with zero attached hydrogens (tertiary/aromatic N) is 1. The highest BCUT2D eigenvalue weighted by atomic mass is 31.2. The maximum Gasteiger partial charge on any atom is 0.530 e. The molecule has 0 bridgehead atoms. The first-order valence-corrected chi connectivity index (χ1v) is 9.45. The number of aromatic nitrogens is 2. The van der Waals surface area contributed by atoms with E-state index in [-0.39, 0.29) is 13.0 Å². The van der Waals surface area contributed by atoms with Crippen molar-refractivity contribution >= 4 is 7.82 Å². The summed E-state index contributed by atoms with van der Waals surface area (Å²) in [5.41, 5.74) is -2.09. The third kappa shape index (κ3) is 3.39. The Morgan fingerprint density at radius 2 is 1.86 bits per heavy atom. The van der Waals surface area contributed by atoms with Crippen LogP contribution in [0.3, 0.4) is 0 Å². The van der Waals surface area contributed by atoms with Crippen molar-refractivity contribution in [3.63, 3.8) is 0 Å². The minimum absolute atomic E-state index is 0.0769. The zero-order valence-electron chi connectivity index (χ0n) is 13.8.